The third kappa shape index (κ3) is 6.12. The molecule has 0 bridgehead atoms. The van der Waals surface area contributed by atoms with Gasteiger partial charge in [0.05, 0.1) is 0 Å². The molecular weight excluding hydrogens is 366 g/mol. The van der Waals surface area contributed by atoms with Crippen molar-refractivity contribution in [3.8, 4) is 0 Å². The molecular formula is C23H29N3O3. The van der Waals surface area contributed by atoms with E-state index in [1.165, 1.54) is 11.8 Å². The zero-order valence-electron chi connectivity index (χ0n) is 17.0. The lowest BCUT2D eigenvalue weighted by molar-refractivity contribution is 0.0684. The van der Waals surface area contributed by atoms with Gasteiger partial charge in [-0.05, 0) is 49.3 Å². The number of methoxy groups -OCH3 is 1. The monoisotopic (exact) mass is 395 g/mol. The fourth-order valence-corrected chi connectivity index (χ4v) is 3.66. The average molecular weight is 396 g/mol. The first kappa shape index (κ1) is 21.0. The quantitative estimate of drug-likeness (QED) is 0.698. The van der Waals surface area contributed by atoms with Gasteiger partial charge in [0.2, 0.25) is 0 Å². The molecule has 154 valence electrons. The van der Waals surface area contributed by atoms with E-state index in [0.29, 0.717) is 30.3 Å². The SMILES string of the molecule is COCCCNC(=O)c1ccnc(C(=O)N2CCC(Cc3ccccc3)CC2)c1. The fraction of sp³-hybridized carbons (Fsp3) is 0.435. The Kier molecular flexibility index (Phi) is 7.76. The molecule has 1 aromatic carbocycles. The maximum Gasteiger partial charge on any atom is 0.272 e. The van der Waals surface area contributed by atoms with Crippen LogP contribution < -0.4 is 5.32 Å². The molecule has 0 aliphatic carbocycles. The van der Waals surface area contributed by atoms with E-state index in [0.717, 1.165) is 38.8 Å². The van der Waals surface area contributed by atoms with Gasteiger partial charge in [-0.2, -0.15) is 0 Å². The first-order chi connectivity index (χ1) is 14.2. The summed E-state index contributed by atoms with van der Waals surface area (Å²) in [4.78, 5) is 31.2. The largest absolute Gasteiger partial charge is 0.385 e. The van der Waals surface area contributed by atoms with Gasteiger partial charge in [-0.3, -0.25) is 14.6 Å². The Morgan fingerprint density at radius 1 is 1.17 bits per heavy atom. The normalized spacial score (nSPS) is 14.6. The van der Waals surface area contributed by atoms with Gasteiger partial charge in [0.15, 0.2) is 0 Å². The van der Waals surface area contributed by atoms with Crippen molar-refractivity contribution in [3.63, 3.8) is 0 Å². The van der Waals surface area contributed by atoms with Crippen LogP contribution in [0.1, 0.15) is 45.7 Å². The van der Waals surface area contributed by atoms with E-state index in [1.54, 1.807) is 19.2 Å². The number of aromatic nitrogens is 1. The number of rotatable bonds is 8. The Labute approximate surface area is 172 Å². The van der Waals surface area contributed by atoms with Gasteiger partial charge in [-0.1, -0.05) is 30.3 Å². The molecule has 0 saturated carbocycles. The molecule has 0 atom stereocenters. The fourth-order valence-electron chi connectivity index (χ4n) is 3.66. The van der Waals surface area contributed by atoms with Crippen molar-refractivity contribution >= 4 is 11.8 Å². The third-order valence-electron chi connectivity index (χ3n) is 5.32. The van der Waals surface area contributed by atoms with Gasteiger partial charge in [0.25, 0.3) is 11.8 Å². The van der Waals surface area contributed by atoms with E-state index in [9.17, 15) is 9.59 Å². The lowest BCUT2D eigenvalue weighted by Gasteiger charge is -2.32. The topological polar surface area (TPSA) is 71.5 Å². The zero-order chi connectivity index (χ0) is 20.5. The van der Waals surface area contributed by atoms with E-state index in [4.69, 9.17) is 4.74 Å². The minimum Gasteiger partial charge on any atom is -0.385 e. The van der Waals surface area contributed by atoms with Gasteiger partial charge in [0.1, 0.15) is 5.69 Å². The van der Waals surface area contributed by atoms with E-state index < -0.39 is 0 Å². The van der Waals surface area contributed by atoms with Crippen molar-refractivity contribution in [3.05, 3.63) is 65.5 Å². The number of pyridine rings is 1. The highest BCUT2D eigenvalue weighted by molar-refractivity contribution is 5.98. The molecule has 2 heterocycles. The number of benzene rings is 1. The Balaban J connectivity index is 1.52. The van der Waals surface area contributed by atoms with Crippen molar-refractivity contribution in [2.75, 3.05) is 33.4 Å². The summed E-state index contributed by atoms with van der Waals surface area (Å²) in [7, 11) is 1.63. The Bertz CT molecular complexity index is 802. The van der Waals surface area contributed by atoms with Crippen LogP contribution in [0.5, 0.6) is 0 Å². The molecule has 6 nitrogen and oxygen atoms in total. The smallest absolute Gasteiger partial charge is 0.272 e. The van der Waals surface area contributed by atoms with Crippen LogP contribution in [0.3, 0.4) is 0 Å². The molecule has 3 rings (SSSR count). The van der Waals surface area contributed by atoms with Crippen molar-refractivity contribution in [2.45, 2.75) is 25.7 Å². The highest BCUT2D eigenvalue weighted by Crippen LogP contribution is 2.22. The minimum atomic E-state index is -0.195. The molecule has 0 spiro atoms. The second kappa shape index (κ2) is 10.7. The molecule has 2 aromatic rings. The highest BCUT2D eigenvalue weighted by atomic mass is 16.5. The van der Waals surface area contributed by atoms with E-state index in [1.807, 2.05) is 11.0 Å². The number of nitrogens with one attached hydrogen (secondary N) is 1. The van der Waals surface area contributed by atoms with Gasteiger partial charge in [0, 0.05) is 45.1 Å². The minimum absolute atomic E-state index is 0.0998. The van der Waals surface area contributed by atoms with Crippen LogP contribution >= 0.6 is 0 Å². The Morgan fingerprint density at radius 2 is 1.93 bits per heavy atom. The van der Waals surface area contributed by atoms with Gasteiger partial charge < -0.3 is 15.0 Å². The number of carbonyl (C=O) groups is 2. The zero-order valence-corrected chi connectivity index (χ0v) is 17.0. The number of nitrogens with zero attached hydrogens (tertiary/aromatic N) is 2. The number of carbonyl (C=O) groups excluding carboxylic acids is 2. The van der Waals surface area contributed by atoms with Crippen LogP contribution in [0.25, 0.3) is 0 Å². The van der Waals surface area contributed by atoms with Gasteiger partial charge >= 0.3 is 0 Å². The molecule has 1 fully saturated rings. The number of amides is 2. The van der Waals surface area contributed by atoms with Crippen molar-refractivity contribution in [1.29, 1.82) is 0 Å². The number of likely N-dealkylation sites (tertiary alicyclic amines) is 1. The van der Waals surface area contributed by atoms with Crippen LogP contribution in [0.2, 0.25) is 0 Å². The maximum atomic E-state index is 12.9. The standard InChI is InChI=1S/C23H29N3O3/c1-29-15-5-11-25-22(27)20-8-12-24-21(17-20)23(28)26-13-9-19(10-14-26)16-18-6-3-2-4-7-18/h2-4,6-8,12,17,19H,5,9-11,13-16H2,1H3,(H,25,27). The summed E-state index contributed by atoms with van der Waals surface area (Å²) in [6.07, 6.45) is 5.30. The van der Waals surface area contributed by atoms with Crippen LogP contribution in [0.4, 0.5) is 0 Å². The lowest BCUT2D eigenvalue weighted by atomic mass is 9.90. The van der Waals surface area contributed by atoms with Crippen molar-refractivity contribution in [2.24, 2.45) is 5.92 Å². The van der Waals surface area contributed by atoms with E-state index in [2.05, 4.69) is 34.6 Å². The molecule has 29 heavy (non-hydrogen) atoms. The average Bonchev–Trinajstić information content (AvgIpc) is 2.77. The molecule has 1 N–H and O–H groups in total. The molecule has 0 unspecified atom stereocenters. The summed E-state index contributed by atoms with van der Waals surface area (Å²) in [5.74, 6) is 0.301. The molecule has 1 aromatic heterocycles. The summed E-state index contributed by atoms with van der Waals surface area (Å²) in [6, 6.07) is 13.7. The van der Waals surface area contributed by atoms with E-state index in [-0.39, 0.29) is 11.8 Å². The highest BCUT2D eigenvalue weighted by Gasteiger charge is 2.25. The third-order valence-corrected chi connectivity index (χ3v) is 5.32. The summed E-state index contributed by atoms with van der Waals surface area (Å²) >= 11 is 0. The first-order valence-corrected chi connectivity index (χ1v) is 10.2. The number of piperidine rings is 1. The summed E-state index contributed by atoms with van der Waals surface area (Å²) in [6.45, 7) is 2.59. The predicted molar refractivity (Wildman–Crippen MR) is 112 cm³/mol. The van der Waals surface area contributed by atoms with E-state index >= 15 is 0 Å². The van der Waals surface area contributed by atoms with Gasteiger partial charge in [-0.25, -0.2) is 0 Å². The number of hydrogen-bond donors (Lipinski definition) is 1. The molecule has 0 radical (unpaired) electrons. The first-order valence-electron chi connectivity index (χ1n) is 10.2. The maximum absolute atomic E-state index is 12.9. The van der Waals surface area contributed by atoms with Crippen LogP contribution in [-0.2, 0) is 11.2 Å². The molecule has 6 heteroatoms. The van der Waals surface area contributed by atoms with Crippen LogP contribution in [-0.4, -0.2) is 55.0 Å². The Morgan fingerprint density at radius 3 is 2.66 bits per heavy atom. The molecule has 1 aliphatic rings. The number of hydrogen-bond acceptors (Lipinski definition) is 4. The molecule has 1 aliphatic heterocycles. The van der Waals surface area contributed by atoms with Crippen molar-refractivity contribution < 1.29 is 14.3 Å². The van der Waals surface area contributed by atoms with Crippen LogP contribution in [0.15, 0.2) is 48.7 Å². The molecule has 1 saturated heterocycles. The van der Waals surface area contributed by atoms with Gasteiger partial charge in [-0.15, -0.1) is 0 Å². The number of ether oxygens (including phenoxy) is 1. The lowest BCUT2D eigenvalue weighted by Crippen LogP contribution is -2.39. The second-order valence-corrected chi connectivity index (χ2v) is 7.46. The molecule has 2 amide bonds. The summed E-state index contributed by atoms with van der Waals surface area (Å²) in [5.41, 5.74) is 2.14. The summed E-state index contributed by atoms with van der Waals surface area (Å²) < 4.78 is 4.98. The predicted octanol–water partition coefficient (Wildman–Crippen LogP) is 2.94. The van der Waals surface area contributed by atoms with Crippen LogP contribution in [0, 0.1) is 5.92 Å². The van der Waals surface area contributed by atoms with Crippen molar-refractivity contribution in [1.82, 2.24) is 15.2 Å². The summed E-state index contributed by atoms with van der Waals surface area (Å²) in [5, 5.41) is 2.84. The Hall–Kier alpha value is -2.73. The second-order valence-electron chi connectivity index (χ2n) is 7.46.